The number of carbonyl (C=O) groups excluding carboxylic acids is 1. The highest BCUT2D eigenvalue weighted by molar-refractivity contribution is 6.35. The number of nitrogens with one attached hydrogen (secondary N) is 2. The maximum Gasteiger partial charge on any atom is 0.275 e. The number of aryl methyl sites for hydroxylation is 1. The number of amides is 1. The number of rotatable bonds is 4. The molecule has 2 aromatic heterocycles. The summed E-state index contributed by atoms with van der Waals surface area (Å²) in [5.41, 5.74) is 0.618. The molecule has 2 N–H and O–H groups in total. The van der Waals surface area contributed by atoms with E-state index >= 15 is 0 Å². The van der Waals surface area contributed by atoms with Crippen molar-refractivity contribution in [3.8, 4) is 0 Å². The monoisotopic (exact) mass is 363 g/mol. The van der Waals surface area contributed by atoms with Gasteiger partial charge < -0.3 is 15.2 Å². The van der Waals surface area contributed by atoms with E-state index in [1.54, 1.807) is 31.2 Å². The molecule has 7 nitrogen and oxygen atoms in total. The molecule has 2 heterocycles. The molecule has 122 valence electrons. The predicted molar refractivity (Wildman–Crippen MR) is 91.0 cm³/mol. The Morgan fingerprint density at radius 2 is 1.79 bits per heavy atom. The number of anilines is 3. The molecule has 0 fully saturated rings. The van der Waals surface area contributed by atoms with Gasteiger partial charge >= 0.3 is 0 Å². The lowest BCUT2D eigenvalue weighted by Gasteiger charge is -2.06. The van der Waals surface area contributed by atoms with Gasteiger partial charge in [0.25, 0.3) is 5.91 Å². The van der Waals surface area contributed by atoms with Crippen LogP contribution in [0.1, 0.15) is 16.2 Å². The van der Waals surface area contributed by atoms with Gasteiger partial charge in [0, 0.05) is 21.8 Å². The summed E-state index contributed by atoms with van der Waals surface area (Å²) in [5.74, 6) is 1.18. The Labute approximate surface area is 147 Å². The standard InChI is InChI=1S/C15H11Cl2N5O2/c1-8-2-13(22-24-8)21-14-7-18-12(6-19-14)15(23)20-11-4-9(16)3-10(17)5-11/h2-7H,1H3,(H,20,23)(H,19,21,22). The summed E-state index contributed by atoms with van der Waals surface area (Å²) in [6, 6.07) is 6.46. The fraction of sp³-hybridized carbons (Fsp3) is 0.0667. The predicted octanol–water partition coefficient (Wildman–Crippen LogP) is 4.08. The molecule has 0 aliphatic rings. The molecule has 0 unspecified atom stereocenters. The fourth-order valence-corrected chi connectivity index (χ4v) is 2.41. The van der Waals surface area contributed by atoms with E-state index in [0.717, 1.165) is 0 Å². The van der Waals surface area contributed by atoms with Crippen molar-refractivity contribution < 1.29 is 9.32 Å². The van der Waals surface area contributed by atoms with E-state index in [1.807, 2.05) is 0 Å². The molecule has 0 saturated heterocycles. The van der Waals surface area contributed by atoms with Crippen molar-refractivity contribution in [3.63, 3.8) is 0 Å². The Morgan fingerprint density at radius 3 is 2.38 bits per heavy atom. The first-order chi connectivity index (χ1) is 11.5. The van der Waals surface area contributed by atoms with Crippen LogP contribution in [0.3, 0.4) is 0 Å². The molecule has 0 bridgehead atoms. The van der Waals surface area contributed by atoms with Crippen LogP contribution >= 0.6 is 23.2 Å². The third-order valence-electron chi connectivity index (χ3n) is 2.89. The number of aromatic nitrogens is 3. The number of carbonyl (C=O) groups is 1. The number of hydrogen-bond acceptors (Lipinski definition) is 6. The first-order valence-corrected chi connectivity index (χ1v) is 7.55. The minimum Gasteiger partial charge on any atom is -0.360 e. The van der Waals surface area contributed by atoms with Crippen LogP contribution in [0, 0.1) is 6.92 Å². The summed E-state index contributed by atoms with van der Waals surface area (Å²) in [4.78, 5) is 20.3. The highest BCUT2D eigenvalue weighted by atomic mass is 35.5. The largest absolute Gasteiger partial charge is 0.360 e. The fourth-order valence-electron chi connectivity index (χ4n) is 1.89. The summed E-state index contributed by atoms with van der Waals surface area (Å²) in [6.07, 6.45) is 2.76. The van der Waals surface area contributed by atoms with Crippen LogP contribution in [0.2, 0.25) is 10.0 Å². The van der Waals surface area contributed by atoms with Gasteiger partial charge in [0.15, 0.2) is 5.82 Å². The zero-order valence-corrected chi connectivity index (χ0v) is 13.9. The Hall–Kier alpha value is -2.64. The van der Waals surface area contributed by atoms with Crippen LogP contribution in [0.25, 0.3) is 0 Å². The maximum absolute atomic E-state index is 12.2. The zero-order chi connectivity index (χ0) is 17.1. The lowest BCUT2D eigenvalue weighted by Crippen LogP contribution is -2.14. The highest BCUT2D eigenvalue weighted by Crippen LogP contribution is 2.22. The van der Waals surface area contributed by atoms with E-state index in [1.165, 1.54) is 12.4 Å². The lowest BCUT2D eigenvalue weighted by molar-refractivity contribution is 0.102. The molecule has 0 radical (unpaired) electrons. The molecule has 0 atom stereocenters. The third-order valence-corrected chi connectivity index (χ3v) is 3.33. The average molecular weight is 364 g/mol. The third kappa shape index (κ3) is 4.01. The van der Waals surface area contributed by atoms with Crippen LogP contribution in [-0.2, 0) is 0 Å². The van der Waals surface area contributed by atoms with Crippen LogP contribution in [0.5, 0.6) is 0 Å². The van der Waals surface area contributed by atoms with Crippen LogP contribution in [0.4, 0.5) is 17.3 Å². The van der Waals surface area contributed by atoms with Crippen molar-refractivity contribution in [2.75, 3.05) is 10.6 Å². The minimum absolute atomic E-state index is 0.146. The average Bonchev–Trinajstić information content (AvgIpc) is 2.92. The zero-order valence-electron chi connectivity index (χ0n) is 12.4. The van der Waals surface area contributed by atoms with Gasteiger partial charge in [-0.3, -0.25) is 4.79 Å². The second-order valence-electron chi connectivity index (χ2n) is 4.85. The molecule has 3 aromatic rings. The van der Waals surface area contributed by atoms with E-state index in [0.29, 0.717) is 33.1 Å². The van der Waals surface area contributed by atoms with Gasteiger partial charge in [0.05, 0.1) is 12.4 Å². The Morgan fingerprint density at radius 1 is 1.04 bits per heavy atom. The van der Waals surface area contributed by atoms with Crippen molar-refractivity contribution in [1.82, 2.24) is 15.1 Å². The molecule has 3 rings (SSSR count). The molecule has 24 heavy (non-hydrogen) atoms. The first-order valence-electron chi connectivity index (χ1n) is 6.79. The molecular weight excluding hydrogens is 353 g/mol. The van der Waals surface area contributed by atoms with Gasteiger partial charge in [-0.05, 0) is 25.1 Å². The SMILES string of the molecule is Cc1cc(Nc2cnc(C(=O)Nc3cc(Cl)cc(Cl)c3)cn2)no1. The smallest absolute Gasteiger partial charge is 0.275 e. The van der Waals surface area contributed by atoms with E-state index < -0.39 is 5.91 Å². The summed E-state index contributed by atoms with van der Waals surface area (Å²) >= 11 is 11.8. The number of benzene rings is 1. The van der Waals surface area contributed by atoms with Crippen LogP contribution in [-0.4, -0.2) is 21.0 Å². The van der Waals surface area contributed by atoms with Crippen LogP contribution < -0.4 is 10.6 Å². The Bertz CT molecular complexity index is 860. The molecular formula is C15H11Cl2N5O2. The van der Waals surface area contributed by atoms with Crippen LogP contribution in [0.15, 0.2) is 41.2 Å². The van der Waals surface area contributed by atoms with Gasteiger partial charge in [-0.1, -0.05) is 28.4 Å². The number of halogens is 2. The topological polar surface area (TPSA) is 92.9 Å². The van der Waals surface area contributed by atoms with Gasteiger partial charge in [-0.15, -0.1) is 0 Å². The Kier molecular flexibility index (Phi) is 4.64. The second kappa shape index (κ2) is 6.86. The van der Waals surface area contributed by atoms with Crippen molar-refractivity contribution in [2.24, 2.45) is 0 Å². The van der Waals surface area contributed by atoms with Crippen molar-refractivity contribution >= 4 is 46.4 Å². The molecule has 0 saturated carbocycles. The van der Waals surface area contributed by atoms with E-state index in [9.17, 15) is 4.79 Å². The van der Waals surface area contributed by atoms with Crippen molar-refractivity contribution in [3.05, 3.63) is 58.2 Å². The maximum atomic E-state index is 12.2. The molecule has 0 aliphatic heterocycles. The van der Waals surface area contributed by atoms with Gasteiger partial charge in [0.2, 0.25) is 0 Å². The van der Waals surface area contributed by atoms with Gasteiger partial charge in [-0.2, -0.15) is 0 Å². The number of hydrogen-bond donors (Lipinski definition) is 2. The summed E-state index contributed by atoms with van der Waals surface area (Å²) in [7, 11) is 0. The highest BCUT2D eigenvalue weighted by Gasteiger charge is 2.10. The van der Waals surface area contributed by atoms with Crippen molar-refractivity contribution in [2.45, 2.75) is 6.92 Å². The number of nitrogens with zero attached hydrogens (tertiary/aromatic N) is 3. The lowest BCUT2D eigenvalue weighted by atomic mass is 10.3. The minimum atomic E-state index is -0.426. The summed E-state index contributed by atoms with van der Waals surface area (Å²) in [6.45, 7) is 1.78. The van der Waals surface area contributed by atoms with Gasteiger partial charge in [0.1, 0.15) is 17.3 Å². The molecule has 1 amide bonds. The summed E-state index contributed by atoms with van der Waals surface area (Å²) < 4.78 is 4.94. The molecule has 0 spiro atoms. The quantitative estimate of drug-likeness (QED) is 0.725. The molecule has 0 aliphatic carbocycles. The second-order valence-corrected chi connectivity index (χ2v) is 5.72. The Balaban J connectivity index is 1.69. The van der Waals surface area contributed by atoms with Crippen molar-refractivity contribution in [1.29, 1.82) is 0 Å². The first kappa shape index (κ1) is 16.2. The summed E-state index contributed by atoms with van der Waals surface area (Å²) in [5, 5.41) is 10.2. The normalized spacial score (nSPS) is 10.5. The van der Waals surface area contributed by atoms with E-state index in [2.05, 4.69) is 25.8 Å². The van der Waals surface area contributed by atoms with E-state index in [-0.39, 0.29) is 5.69 Å². The molecule has 1 aromatic carbocycles. The molecule has 9 heteroatoms. The van der Waals surface area contributed by atoms with E-state index in [4.69, 9.17) is 27.7 Å². The van der Waals surface area contributed by atoms with Gasteiger partial charge in [-0.25, -0.2) is 9.97 Å².